The fourth-order valence-electron chi connectivity index (χ4n) is 3.59. The smallest absolute Gasteiger partial charge is 0.310 e. The van der Waals surface area contributed by atoms with E-state index in [2.05, 4.69) is 12.2 Å². The van der Waals surface area contributed by atoms with E-state index in [1.807, 2.05) is 24.3 Å². The van der Waals surface area contributed by atoms with Crippen molar-refractivity contribution in [3.63, 3.8) is 0 Å². The van der Waals surface area contributed by atoms with E-state index in [9.17, 15) is 14.7 Å². The maximum atomic E-state index is 12.5. The van der Waals surface area contributed by atoms with E-state index in [1.165, 1.54) is 5.56 Å². The molecule has 0 saturated carbocycles. The SMILES string of the molecule is CCCc1ccc(NC(=O)[C@@H]2[C@H](C(=O)O)[C@H]3CC[C@H]2O3)cc1. The number of aryl methyl sites for hydroxylation is 1. The second-order valence-corrected chi connectivity index (χ2v) is 6.12. The summed E-state index contributed by atoms with van der Waals surface area (Å²) in [6, 6.07) is 7.72. The molecule has 0 aliphatic carbocycles. The van der Waals surface area contributed by atoms with Crippen molar-refractivity contribution in [3.05, 3.63) is 29.8 Å². The van der Waals surface area contributed by atoms with Gasteiger partial charge in [-0.3, -0.25) is 9.59 Å². The van der Waals surface area contributed by atoms with Gasteiger partial charge in [0.1, 0.15) is 0 Å². The molecule has 4 atom stereocenters. The lowest BCUT2D eigenvalue weighted by Crippen LogP contribution is -2.40. The van der Waals surface area contributed by atoms with Crippen LogP contribution in [-0.2, 0) is 20.7 Å². The Bertz CT molecular complexity index is 569. The average Bonchev–Trinajstić information content (AvgIpc) is 3.10. The molecular weight excluding hydrogens is 282 g/mol. The van der Waals surface area contributed by atoms with Crippen LogP contribution in [0.5, 0.6) is 0 Å². The number of hydrogen-bond acceptors (Lipinski definition) is 3. The Morgan fingerprint density at radius 2 is 1.82 bits per heavy atom. The van der Waals surface area contributed by atoms with Crippen LogP contribution in [0.3, 0.4) is 0 Å². The van der Waals surface area contributed by atoms with Crippen LogP contribution in [0, 0.1) is 11.8 Å². The first-order valence-corrected chi connectivity index (χ1v) is 7.88. The van der Waals surface area contributed by atoms with Gasteiger partial charge in [0, 0.05) is 5.69 Å². The van der Waals surface area contributed by atoms with Crippen molar-refractivity contribution >= 4 is 17.6 Å². The van der Waals surface area contributed by atoms with Gasteiger partial charge >= 0.3 is 5.97 Å². The van der Waals surface area contributed by atoms with E-state index in [0.29, 0.717) is 5.69 Å². The van der Waals surface area contributed by atoms with Gasteiger partial charge in [0.25, 0.3) is 0 Å². The third-order valence-corrected chi connectivity index (χ3v) is 4.62. The van der Waals surface area contributed by atoms with Gasteiger partial charge in [-0.05, 0) is 37.0 Å². The maximum absolute atomic E-state index is 12.5. The molecule has 2 aliphatic heterocycles. The molecule has 0 spiro atoms. The summed E-state index contributed by atoms with van der Waals surface area (Å²) in [6.45, 7) is 2.12. The molecule has 22 heavy (non-hydrogen) atoms. The minimum absolute atomic E-state index is 0.247. The molecule has 0 unspecified atom stereocenters. The number of fused-ring (bicyclic) bond motifs is 2. The van der Waals surface area contributed by atoms with Crippen molar-refractivity contribution in [1.82, 2.24) is 0 Å². The number of carbonyl (C=O) groups is 2. The van der Waals surface area contributed by atoms with E-state index < -0.39 is 17.8 Å². The van der Waals surface area contributed by atoms with Crippen molar-refractivity contribution in [2.45, 2.75) is 44.8 Å². The van der Waals surface area contributed by atoms with E-state index in [1.54, 1.807) is 0 Å². The number of anilines is 1. The lowest BCUT2D eigenvalue weighted by molar-refractivity contribution is -0.147. The number of nitrogens with one attached hydrogen (secondary N) is 1. The van der Waals surface area contributed by atoms with Crippen molar-refractivity contribution in [2.75, 3.05) is 5.32 Å². The topological polar surface area (TPSA) is 75.6 Å². The van der Waals surface area contributed by atoms with Crippen LogP contribution < -0.4 is 5.32 Å². The van der Waals surface area contributed by atoms with E-state index in [4.69, 9.17) is 4.74 Å². The minimum atomic E-state index is -0.939. The quantitative estimate of drug-likeness (QED) is 0.876. The van der Waals surface area contributed by atoms with Gasteiger partial charge < -0.3 is 15.2 Å². The van der Waals surface area contributed by atoms with Crippen LogP contribution in [0.2, 0.25) is 0 Å². The Hall–Kier alpha value is -1.88. The number of ether oxygens (including phenoxy) is 1. The van der Waals surface area contributed by atoms with Crippen LogP contribution in [0.15, 0.2) is 24.3 Å². The molecule has 1 aromatic carbocycles. The summed E-state index contributed by atoms with van der Waals surface area (Å²) in [5.74, 6) is -2.50. The Morgan fingerprint density at radius 1 is 1.18 bits per heavy atom. The zero-order chi connectivity index (χ0) is 15.7. The van der Waals surface area contributed by atoms with E-state index in [0.717, 1.165) is 25.7 Å². The molecule has 1 aromatic rings. The fraction of sp³-hybridized carbons (Fsp3) is 0.529. The molecule has 0 aromatic heterocycles. The molecule has 2 aliphatic rings. The van der Waals surface area contributed by atoms with Crippen LogP contribution in [0.1, 0.15) is 31.7 Å². The Balaban J connectivity index is 1.69. The van der Waals surface area contributed by atoms with E-state index >= 15 is 0 Å². The molecular formula is C17H21NO4. The van der Waals surface area contributed by atoms with Gasteiger partial charge in [-0.2, -0.15) is 0 Å². The van der Waals surface area contributed by atoms with Crippen molar-refractivity contribution in [1.29, 1.82) is 0 Å². The highest BCUT2D eigenvalue weighted by atomic mass is 16.5. The summed E-state index contributed by atoms with van der Waals surface area (Å²) >= 11 is 0. The number of carboxylic acid groups (broad SMARTS) is 1. The van der Waals surface area contributed by atoms with Crippen LogP contribution in [0.4, 0.5) is 5.69 Å². The highest BCUT2D eigenvalue weighted by Crippen LogP contribution is 2.44. The normalized spacial score (nSPS) is 29.5. The summed E-state index contributed by atoms with van der Waals surface area (Å²) in [4.78, 5) is 23.9. The number of carbonyl (C=O) groups excluding carboxylic acids is 1. The second-order valence-electron chi connectivity index (χ2n) is 6.12. The number of carboxylic acids is 1. The molecule has 3 rings (SSSR count). The number of benzene rings is 1. The van der Waals surface area contributed by atoms with Crippen molar-refractivity contribution < 1.29 is 19.4 Å². The second kappa shape index (κ2) is 6.08. The summed E-state index contributed by atoms with van der Waals surface area (Å²) in [5, 5.41) is 12.2. The lowest BCUT2D eigenvalue weighted by atomic mass is 9.78. The highest BCUT2D eigenvalue weighted by molar-refractivity contribution is 5.96. The Morgan fingerprint density at radius 3 is 2.41 bits per heavy atom. The monoisotopic (exact) mass is 303 g/mol. The van der Waals surface area contributed by atoms with Gasteiger partial charge in [-0.1, -0.05) is 25.5 Å². The molecule has 2 heterocycles. The standard InChI is InChI=1S/C17H21NO4/c1-2-3-10-4-6-11(7-5-10)18-16(19)14-12-8-9-13(22-12)15(14)17(20)21/h4-7,12-15H,2-3,8-9H2,1H3,(H,18,19)(H,20,21)/t12-,13-,14+,15-/m1/s1. The molecule has 0 radical (unpaired) electrons. The van der Waals surface area contributed by atoms with Gasteiger partial charge in [-0.15, -0.1) is 0 Å². The summed E-state index contributed by atoms with van der Waals surface area (Å²) in [7, 11) is 0. The Labute approximate surface area is 129 Å². The minimum Gasteiger partial charge on any atom is -0.481 e. The van der Waals surface area contributed by atoms with Crippen LogP contribution in [0.25, 0.3) is 0 Å². The molecule has 2 bridgehead atoms. The molecule has 5 heteroatoms. The third kappa shape index (κ3) is 2.73. The van der Waals surface area contributed by atoms with Gasteiger partial charge in [0.2, 0.25) is 5.91 Å². The maximum Gasteiger partial charge on any atom is 0.310 e. The number of amides is 1. The molecule has 2 saturated heterocycles. The number of hydrogen-bond donors (Lipinski definition) is 2. The molecule has 118 valence electrons. The zero-order valence-electron chi connectivity index (χ0n) is 12.6. The number of rotatable bonds is 5. The van der Waals surface area contributed by atoms with Gasteiger partial charge in [0.15, 0.2) is 0 Å². The molecule has 5 nitrogen and oxygen atoms in total. The largest absolute Gasteiger partial charge is 0.481 e. The first-order chi connectivity index (χ1) is 10.6. The summed E-state index contributed by atoms with van der Waals surface area (Å²) in [6.07, 6.45) is 3.01. The molecule has 1 amide bonds. The molecule has 2 N–H and O–H groups in total. The summed E-state index contributed by atoms with van der Waals surface area (Å²) in [5.41, 5.74) is 1.93. The van der Waals surface area contributed by atoms with E-state index in [-0.39, 0.29) is 18.1 Å². The Kier molecular flexibility index (Phi) is 4.16. The van der Waals surface area contributed by atoms with Crippen molar-refractivity contribution in [3.8, 4) is 0 Å². The van der Waals surface area contributed by atoms with Crippen LogP contribution in [-0.4, -0.2) is 29.2 Å². The van der Waals surface area contributed by atoms with Gasteiger partial charge in [-0.25, -0.2) is 0 Å². The lowest BCUT2D eigenvalue weighted by Gasteiger charge is -2.23. The fourth-order valence-corrected chi connectivity index (χ4v) is 3.59. The average molecular weight is 303 g/mol. The first kappa shape index (κ1) is 15.0. The van der Waals surface area contributed by atoms with Crippen molar-refractivity contribution in [2.24, 2.45) is 11.8 Å². The molecule has 2 fully saturated rings. The highest BCUT2D eigenvalue weighted by Gasteiger charge is 2.55. The van der Waals surface area contributed by atoms with Gasteiger partial charge in [0.05, 0.1) is 24.0 Å². The predicted octanol–water partition coefficient (Wildman–Crippen LogP) is 2.46. The third-order valence-electron chi connectivity index (χ3n) is 4.62. The zero-order valence-corrected chi connectivity index (χ0v) is 12.6. The number of aliphatic carboxylic acids is 1. The first-order valence-electron chi connectivity index (χ1n) is 7.88. The predicted molar refractivity (Wildman–Crippen MR) is 81.6 cm³/mol. The van der Waals surface area contributed by atoms with Crippen LogP contribution >= 0.6 is 0 Å². The summed E-state index contributed by atoms with van der Waals surface area (Å²) < 4.78 is 5.63.